The molecule has 2 aliphatic rings. The van der Waals surface area contributed by atoms with E-state index in [2.05, 4.69) is 4.90 Å². The first kappa shape index (κ1) is 15.8. The molecule has 1 aromatic rings. The van der Waals surface area contributed by atoms with Crippen molar-refractivity contribution >= 4 is 17.5 Å². The monoisotopic (exact) mass is 322 g/mol. The average Bonchev–Trinajstić information content (AvgIpc) is 3.35. The summed E-state index contributed by atoms with van der Waals surface area (Å²) in [5.74, 6) is 0.689. The number of nitrogens with zero attached hydrogens (tertiary/aromatic N) is 2. The molecular formula is C17H23ClN2O2. The summed E-state index contributed by atoms with van der Waals surface area (Å²) in [4.78, 5) is 16.5. The van der Waals surface area contributed by atoms with Crippen LogP contribution in [0.25, 0.3) is 0 Å². The zero-order chi connectivity index (χ0) is 15.5. The van der Waals surface area contributed by atoms with Gasteiger partial charge in [-0.05, 0) is 36.5 Å². The Kier molecular flexibility index (Phi) is 5.01. The van der Waals surface area contributed by atoms with Gasteiger partial charge in [0.05, 0.1) is 12.5 Å². The van der Waals surface area contributed by atoms with Gasteiger partial charge in [0.25, 0.3) is 0 Å². The summed E-state index contributed by atoms with van der Waals surface area (Å²) >= 11 is 5.86. The summed E-state index contributed by atoms with van der Waals surface area (Å²) in [5.41, 5.74) is 1.00. The van der Waals surface area contributed by atoms with E-state index < -0.39 is 0 Å². The highest BCUT2D eigenvalue weighted by Gasteiger charge is 2.32. The lowest BCUT2D eigenvalue weighted by molar-refractivity contribution is -0.132. The topological polar surface area (TPSA) is 43.8 Å². The van der Waals surface area contributed by atoms with Crippen LogP contribution in [0.2, 0.25) is 5.02 Å². The molecule has 0 bridgehead atoms. The van der Waals surface area contributed by atoms with Crippen LogP contribution < -0.4 is 0 Å². The van der Waals surface area contributed by atoms with E-state index in [0.717, 1.165) is 38.3 Å². The molecule has 3 rings (SSSR count). The molecule has 1 heterocycles. The van der Waals surface area contributed by atoms with Crippen LogP contribution in [0.4, 0.5) is 0 Å². The molecule has 1 saturated heterocycles. The number of hydrogen-bond acceptors (Lipinski definition) is 3. The van der Waals surface area contributed by atoms with Gasteiger partial charge in [0.15, 0.2) is 0 Å². The highest BCUT2D eigenvalue weighted by molar-refractivity contribution is 6.30. The number of carbonyl (C=O) groups is 1. The normalized spacial score (nSPS) is 20.9. The van der Waals surface area contributed by atoms with Crippen molar-refractivity contribution < 1.29 is 9.90 Å². The maximum absolute atomic E-state index is 12.3. The van der Waals surface area contributed by atoms with E-state index in [4.69, 9.17) is 11.6 Å². The highest BCUT2D eigenvalue weighted by Crippen LogP contribution is 2.32. The van der Waals surface area contributed by atoms with Crippen LogP contribution in [0.1, 0.15) is 18.4 Å². The van der Waals surface area contributed by atoms with Crippen molar-refractivity contribution in [2.45, 2.75) is 25.4 Å². The Morgan fingerprint density at radius 2 is 1.82 bits per heavy atom. The molecule has 2 fully saturated rings. The molecule has 1 amide bonds. The molecule has 0 radical (unpaired) electrons. The lowest BCUT2D eigenvalue weighted by Crippen LogP contribution is -2.51. The molecule has 0 aromatic heterocycles. The minimum absolute atomic E-state index is 0.171. The summed E-state index contributed by atoms with van der Waals surface area (Å²) in [6.07, 6.45) is 2.58. The maximum Gasteiger partial charge on any atom is 0.227 e. The summed E-state index contributed by atoms with van der Waals surface area (Å²) in [6, 6.07) is 7.45. The number of hydrogen-bond donors (Lipinski definition) is 1. The summed E-state index contributed by atoms with van der Waals surface area (Å²) in [5, 5.41) is 10.7. The maximum atomic E-state index is 12.3. The van der Waals surface area contributed by atoms with Crippen molar-refractivity contribution in [1.29, 1.82) is 0 Å². The fraction of sp³-hybridized carbons (Fsp3) is 0.588. The third-order valence-corrected chi connectivity index (χ3v) is 4.86. The fourth-order valence-corrected chi connectivity index (χ4v) is 3.09. The van der Waals surface area contributed by atoms with Crippen LogP contribution in [0.15, 0.2) is 24.3 Å². The molecular weight excluding hydrogens is 300 g/mol. The van der Waals surface area contributed by atoms with Crippen molar-refractivity contribution in [1.82, 2.24) is 9.80 Å². The zero-order valence-electron chi connectivity index (χ0n) is 12.7. The van der Waals surface area contributed by atoms with Gasteiger partial charge in [0.2, 0.25) is 5.91 Å². The summed E-state index contributed by atoms with van der Waals surface area (Å²) in [7, 11) is 0. The van der Waals surface area contributed by atoms with Crippen molar-refractivity contribution in [3.8, 4) is 0 Å². The van der Waals surface area contributed by atoms with Gasteiger partial charge in [-0.2, -0.15) is 0 Å². The Balaban J connectivity index is 1.44. The lowest BCUT2D eigenvalue weighted by Gasteiger charge is -2.35. The van der Waals surface area contributed by atoms with E-state index in [-0.39, 0.29) is 12.0 Å². The Bertz CT molecular complexity index is 508. The smallest absolute Gasteiger partial charge is 0.227 e. The van der Waals surface area contributed by atoms with E-state index in [9.17, 15) is 9.90 Å². The van der Waals surface area contributed by atoms with E-state index in [1.54, 1.807) is 0 Å². The third-order valence-electron chi connectivity index (χ3n) is 4.61. The van der Waals surface area contributed by atoms with Crippen molar-refractivity contribution in [2.75, 3.05) is 32.7 Å². The molecule has 0 spiro atoms. The first-order valence-corrected chi connectivity index (χ1v) is 8.42. The molecule has 1 atom stereocenters. The number of β-amino-alcohol motifs (C(OH)–C–C–N with tert-alkyl or cyclic N) is 1. The molecule has 1 saturated carbocycles. The number of piperazine rings is 1. The van der Waals surface area contributed by atoms with Gasteiger partial charge in [-0.3, -0.25) is 9.69 Å². The molecule has 1 aliphatic heterocycles. The first-order valence-electron chi connectivity index (χ1n) is 8.04. The first-order chi connectivity index (χ1) is 10.6. The van der Waals surface area contributed by atoms with Gasteiger partial charge in [-0.25, -0.2) is 0 Å². The molecule has 22 heavy (non-hydrogen) atoms. The predicted octanol–water partition coefficient (Wildman–Crippen LogP) is 1.80. The van der Waals surface area contributed by atoms with Gasteiger partial charge in [-0.15, -0.1) is 0 Å². The number of rotatable bonds is 5. The molecule has 1 aromatic carbocycles. The molecule has 4 nitrogen and oxygen atoms in total. The third kappa shape index (κ3) is 4.22. The number of carbonyl (C=O) groups excluding carboxylic acids is 1. The lowest BCUT2D eigenvalue weighted by atomic mass is 10.1. The van der Waals surface area contributed by atoms with Crippen molar-refractivity contribution in [3.05, 3.63) is 34.9 Å². The number of halogens is 1. The van der Waals surface area contributed by atoms with Crippen molar-refractivity contribution in [2.24, 2.45) is 5.92 Å². The predicted molar refractivity (Wildman–Crippen MR) is 86.9 cm³/mol. The molecule has 1 N–H and O–H groups in total. The molecule has 120 valence electrons. The fourth-order valence-electron chi connectivity index (χ4n) is 2.96. The average molecular weight is 323 g/mol. The summed E-state index contributed by atoms with van der Waals surface area (Å²) in [6.45, 7) is 3.98. The largest absolute Gasteiger partial charge is 0.392 e. The Hall–Kier alpha value is -1.10. The van der Waals surface area contributed by atoms with Gasteiger partial charge >= 0.3 is 0 Å². The number of amides is 1. The van der Waals surface area contributed by atoms with Crippen LogP contribution in [0.5, 0.6) is 0 Å². The zero-order valence-corrected chi connectivity index (χ0v) is 13.5. The van der Waals surface area contributed by atoms with E-state index >= 15 is 0 Å². The second-order valence-electron chi connectivity index (χ2n) is 6.39. The standard InChI is InChI=1S/C17H23ClN2O2/c18-15-5-1-13(2-6-15)11-17(22)20-9-7-19(8-10-20)12-16(21)14-3-4-14/h1-2,5-6,14,16,21H,3-4,7-12H2/t16-/m0/s1. The molecule has 1 aliphatic carbocycles. The minimum Gasteiger partial charge on any atom is -0.392 e. The number of aliphatic hydroxyl groups is 1. The Morgan fingerprint density at radius 3 is 2.41 bits per heavy atom. The second-order valence-corrected chi connectivity index (χ2v) is 6.83. The van der Waals surface area contributed by atoms with Gasteiger partial charge < -0.3 is 10.0 Å². The second kappa shape index (κ2) is 6.99. The van der Waals surface area contributed by atoms with Gasteiger partial charge in [0.1, 0.15) is 0 Å². The van der Waals surface area contributed by atoms with Gasteiger partial charge in [0, 0.05) is 37.7 Å². The van der Waals surface area contributed by atoms with Crippen molar-refractivity contribution in [3.63, 3.8) is 0 Å². The minimum atomic E-state index is -0.184. The van der Waals surface area contributed by atoms with E-state index in [1.165, 1.54) is 12.8 Å². The van der Waals surface area contributed by atoms with E-state index in [1.807, 2.05) is 29.2 Å². The Labute approximate surface area is 136 Å². The SMILES string of the molecule is O=C(Cc1ccc(Cl)cc1)N1CCN(C[C@H](O)C2CC2)CC1. The van der Waals surface area contributed by atoms with Crippen LogP contribution in [-0.2, 0) is 11.2 Å². The van der Waals surface area contributed by atoms with Crippen LogP contribution in [0.3, 0.4) is 0 Å². The van der Waals surface area contributed by atoms with Crippen LogP contribution in [0, 0.1) is 5.92 Å². The molecule has 5 heteroatoms. The number of benzene rings is 1. The number of aliphatic hydroxyl groups excluding tert-OH is 1. The Morgan fingerprint density at radius 1 is 1.18 bits per heavy atom. The molecule has 0 unspecified atom stereocenters. The quantitative estimate of drug-likeness (QED) is 0.899. The van der Waals surface area contributed by atoms with E-state index in [0.29, 0.717) is 17.4 Å². The summed E-state index contributed by atoms with van der Waals surface area (Å²) < 4.78 is 0. The van der Waals surface area contributed by atoms with Gasteiger partial charge in [-0.1, -0.05) is 23.7 Å². The highest BCUT2D eigenvalue weighted by atomic mass is 35.5. The van der Waals surface area contributed by atoms with Crippen LogP contribution in [-0.4, -0.2) is 59.6 Å². The van der Waals surface area contributed by atoms with Crippen LogP contribution >= 0.6 is 11.6 Å².